The van der Waals surface area contributed by atoms with Gasteiger partial charge in [0.2, 0.25) is 11.8 Å². The van der Waals surface area contributed by atoms with Gasteiger partial charge in [-0.1, -0.05) is 31.2 Å². The summed E-state index contributed by atoms with van der Waals surface area (Å²) in [5.74, 6) is -0.175. The molecule has 21 heavy (non-hydrogen) atoms. The van der Waals surface area contributed by atoms with Crippen molar-refractivity contribution < 1.29 is 9.59 Å². The predicted octanol–water partition coefficient (Wildman–Crippen LogP) is 0.858. The van der Waals surface area contributed by atoms with Crippen LogP contribution >= 0.6 is 0 Å². The number of hydrogen-bond acceptors (Lipinski definition) is 3. The summed E-state index contributed by atoms with van der Waals surface area (Å²) in [5.41, 5.74) is 2.23. The van der Waals surface area contributed by atoms with Crippen LogP contribution in [0.1, 0.15) is 30.5 Å². The zero-order chi connectivity index (χ0) is 15.2. The van der Waals surface area contributed by atoms with Crippen molar-refractivity contribution in [2.45, 2.75) is 25.8 Å². The molecule has 5 heteroatoms. The van der Waals surface area contributed by atoms with Crippen molar-refractivity contribution in [1.82, 2.24) is 15.5 Å². The maximum atomic E-state index is 12.6. The molecule has 5 nitrogen and oxygen atoms in total. The van der Waals surface area contributed by atoms with Crippen molar-refractivity contribution in [3.8, 4) is 0 Å². The minimum Gasteiger partial charge on any atom is -0.355 e. The molecular formula is C16H23N3O2. The Kier molecular flexibility index (Phi) is 5.33. The first-order chi connectivity index (χ1) is 10.1. The second-order valence-corrected chi connectivity index (χ2v) is 5.38. The average molecular weight is 289 g/mol. The van der Waals surface area contributed by atoms with E-state index in [-0.39, 0.29) is 24.4 Å². The molecule has 0 spiro atoms. The molecule has 0 radical (unpaired) electrons. The molecule has 2 rings (SSSR count). The SMILES string of the molecule is CCCNC(=O)CN(C)C(=O)C1NCCc2ccccc21. The number of nitrogens with one attached hydrogen (secondary N) is 2. The Labute approximate surface area is 125 Å². The van der Waals surface area contributed by atoms with Crippen LogP contribution in [0.25, 0.3) is 0 Å². The summed E-state index contributed by atoms with van der Waals surface area (Å²) in [6.07, 6.45) is 1.82. The third-order valence-corrected chi connectivity index (χ3v) is 3.69. The fourth-order valence-corrected chi connectivity index (χ4v) is 2.56. The van der Waals surface area contributed by atoms with Crippen LogP contribution < -0.4 is 10.6 Å². The summed E-state index contributed by atoms with van der Waals surface area (Å²) in [5, 5.41) is 6.04. The van der Waals surface area contributed by atoms with E-state index in [1.807, 2.05) is 25.1 Å². The van der Waals surface area contributed by atoms with E-state index < -0.39 is 0 Å². The maximum absolute atomic E-state index is 12.6. The van der Waals surface area contributed by atoms with Gasteiger partial charge in [0.15, 0.2) is 0 Å². The Morgan fingerprint density at radius 1 is 1.38 bits per heavy atom. The third-order valence-electron chi connectivity index (χ3n) is 3.69. The van der Waals surface area contributed by atoms with Gasteiger partial charge >= 0.3 is 0 Å². The Morgan fingerprint density at radius 2 is 2.14 bits per heavy atom. The van der Waals surface area contributed by atoms with Gasteiger partial charge in [-0.3, -0.25) is 9.59 Å². The van der Waals surface area contributed by atoms with Crippen LogP contribution in [0.15, 0.2) is 24.3 Å². The summed E-state index contributed by atoms with van der Waals surface area (Å²) in [4.78, 5) is 25.8. The average Bonchev–Trinajstić information content (AvgIpc) is 2.51. The van der Waals surface area contributed by atoms with Crippen LogP contribution in [0, 0.1) is 0 Å². The smallest absolute Gasteiger partial charge is 0.244 e. The van der Waals surface area contributed by atoms with Crippen molar-refractivity contribution in [3.05, 3.63) is 35.4 Å². The van der Waals surface area contributed by atoms with E-state index >= 15 is 0 Å². The molecule has 2 amide bonds. The largest absolute Gasteiger partial charge is 0.355 e. The molecule has 2 N–H and O–H groups in total. The number of likely N-dealkylation sites (N-methyl/N-ethyl adjacent to an activating group) is 1. The molecule has 0 aromatic heterocycles. The van der Waals surface area contributed by atoms with Crippen molar-refractivity contribution >= 4 is 11.8 Å². The highest BCUT2D eigenvalue weighted by Crippen LogP contribution is 2.23. The number of amides is 2. The molecular weight excluding hydrogens is 266 g/mol. The van der Waals surface area contributed by atoms with Crippen LogP contribution in [0.5, 0.6) is 0 Å². The second kappa shape index (κ2) is 7.22. The van der Waals surface area contributed by atoms with E-state index in [2.05, 4.69) is 16.7 Å². The molecule has 0 bridgehead atoms. The lowest BCUT2D eigenvalue weighted by Crippen LogP contribution is -2.45. The Hall–Kier alpha value is -1.88. The number of carbonyl (C=O) groups is 2. The van der Waals surface area contributed by atoms with Gasteiger partial charge in [0.25, 0.3) is 0 Å². The number of rotatable bonds is 5. The van der Waals surface area contributed by atoms with Gasteiger partial charge in [-0.05, 0) is 24.0 Å². The monoisotopic (exact) mass is 289 g/mol. The molecule has 114 valence electrons. The number of benzene rings is 1. The van der Waals surface area contributed by atoms with Crippen LogP contribution in [-0.4, -0.2) is 43.4 Å². The topological polar surface area (TPSA) is 61.4 Å². The summed E-state index contributed by atoms with van der Waals surface area (Å²) < 4.78 is 0. The highest BCUT2D eigenvalue weighted by atomic mass is 16.2. The van der Waals surface area contributed by atoms with E-state index in [9.17, 15) is 9.59 Å². The summed E-state index contributed by atoms with van der Waals surface area (Å²) in [7, 11) is 1.67. The standard InChI is InChI=1S/C16H23N3O2/c1-3-9-17-14(20)11-19(2)16(21)15-13-7-5-4-6-12(13)8-10-18-15/h4-7,15,18H,3,8-11H2,1-2H3,(H,17,20). The molecule has 0 saturated carbocycles. The van der Waals surface area contributed by atoms with Crippen LogP contribution in [0.4, 0.5) is 0 Å². The molecule has 0 fully saturated rings. The van der Waals surface area contributed by atoms with Gasteiger partial charge in [0, 0.05) is 20.1 Å². The predicted molar refractivity (Wildman–Crippen MR) is 81.8 cm³/mol. The molecule has 1 aromatic carbocycles. The lowest BCUT2D eigenvalue weighted by atomic mass is 9.93. The lowest BCUT2D eigenvalue weighted by molar-refractivity contribution is -0.136. The molecule has 1 heterocycles. The molecule has 1 unspecified atom stereocenters. The quantitative estimate of drug-likeness (QED) is 0.845. The Bertz CT molecular complexity index is 516. The summed E-state index contributed by atoms with van der Waals surface area (Å²) in [6.45, 7) is 3.52. The first kappa shape index (κ1) is 15.5. The van der Waals surface area contributed by atoms with Gasteiger partial charge in [-0.2, -0.15) is 0 Å². The van der Waals surface area contributed by atoms with E-state index in [0.717, 1.165) is 24.9 Å². The fourth-order valence-electron chi connectivity index (χ4n) is 2.56. The van der Waals surface area contributed by atoms with E-state index in [1.54, 1.807) is 7.05 Å². The zero-order valence-corrected chi connectivity index (χ0v) is 12.7. The maximum Gasteiger partial charge on any atom is 0.244 e. The number of carbonyl (C=O) groups excluding carboxylic acids is 2. The van der Waals surface area contributed by atoms with Crippen LogP contribution in [-0.2, 0) is 16.0 Å². The molecule has 1 aliphatic rings. The normalized spacial score (nSPS) is 17.0. The fraction of sp³-hybridized carbons (Fsp3) is 0.500. The Balaban J connectivity index is 2.02. The first-order valence-corrected chi connectivity index (χ1v) is 7.46. The lowest BCUT2D eigenvalue weighted by Gasteiger charge is -2.29. The third kappa shape index (κ3) is 3.82. The highest BCUT2D eigenvalue weighted by Gasteiger charge is 2.28. The van der Waals surface area contributed by atoms with Gasteiger partial charge in [-0.15, -0.1) is 0 Å². The Morgan fingerprint density at radius 3 is 2.90 bits per heavy atom. The van der Waals surface area contributed by atoms with E-state index in [0.29, 0.717) is 6.54 Å². The van der Waals surface area contributed by atoms with Crippen molar-refractivity contribution in [2.24, 2.45) is 0 Å². The summed E-state index contributed by atoms with van der Waals surface area (Å²) >= 11 is 0. The minimum absolute atomic E-state index is 0.0613. The van der Waals surface area contributed by atoms with Gasteiger partial charge in [-0.25, -0.2) is 0 Å². The zero-order valence-electron chi connectivity index (χ0n) is 12.7. The summed E-state index contributed by atoms with van der Waals surface area (Å²) in [6, 6.07) is 7.63. The molecule has 1 aromatic rings. The van der Waals surface area contributed by atoms with Crippen molar-refractivity contribution in [1.29, 1.82) is 0 Å². The van der Waals surface area contributed by atoms with E-state index in [4.69, 9.17) is 0 Å². The molecule has 0 aliphatic carbocycles. The molecule has 1 aliphatic heterocycles. The van der Waals surface area contributed by atoms with Crippen LogP contribution in [0.3, 0.4) is 0 Å². The van der Waals surface area contributed by atoms with Gasteiger partial charge < -0.3 is 15.5 Å². The second-order valence-electron chi connectivity index (χ2n) is 5.38. The molecule has 1 atom stereocenters. The van der Waals surface area contributed by atoms with Gasteiger partial charge in [0.05, 0.1) is 6.54 Å². The van der Waals surface area contributed by atoms with E-state index in [1.165, 1.54) is 10.5 Å². The van der Waals surface area contributed by atoms with Crippen molar-refractivity contribution in [3.63, 3.8) is 0 Å². The number of fused-ring (bicyclic) bond motifs is 1. The highest BCUT2D eigenvalue weighted by molar-refractivity contribution is 5.88. The van der Waals surface area contributed by atoms with Crippen molar-refractivity contribution in [2.75, 3.05) is 26.7 Å². The number of nitrogens with zero attached hydrogens (tertiary/aromatic N) is 1. The first-order valence-electron chi connectivity index (χ1n) is 7.46. The van der Waals surface area contributed by atoms with Crippen LogP contribution in [0.2, 0.25) is 0 Å². The van der Waals surface area contributed by atoms with Gasteiger partial charge in [0.1, 0.15) is 6.04 Å². The molecule has 0 saturated heterocycles. The number of hydrogen-bond donors (Lipinski definition) is 2. The minimum atomic E-state index is -0.348.